The lowest BCUT2D eigenvalue weighted by atomic mass is 9.55. The molecule has 2 saturated carbocycles. The van der Waals surface area contributed by atoms with Crippen LogP contribution in [0.5, 0.6) is 5.75 Å². The minimum Gasteiger partial charge on any atom is -0.462 e. The van der Waals surface area contributed by atoms with Crippen molar-refractivity contribution >= 4 is 17.7 Å². The average molecular weight is 370 g/mol. The van der Waals surface area contributed by atoms with Crippen molar-refractivity contribution in [2.24, 2.45) is 17.3 Å². The first kappa shape index (κ1) is 18.2. The maximum atomic E-state index is 12.6. The molecular formula is C22H26O5. The second kappa shape index (κ2) is 6.47. The molecule has 0 amide bonds. The van der Waals surface area contributed by atoms with Gasteiger partial charge in [0.15, 0.2) is 0 Å². The highest BCUT2D eigenvalue weighted by molar-refractivity contribution is 5.87. The number of ketones is 1. The summed E-state index contributed by atoms with van der Waals surface area (Å²) >= 11 is 0. The molecule has 5 nitrogen and oxygen atoms in total. The summed E-state index contributed by atoms with van der Waals surface area (Å²) in [4.78, 5) is 35.6. The minimum atomic E-state index is -0.349. The summed E-state index contributed by atoms with van der Waals surface area (Å²) in [5.74, 6) is 0.962. The van der Waals surface area contributed by atoms with Gasteiger partial charge in [0, 0.05) is 38.0 Å². The molecule has 4 rings (SSSR count). The fraction of sp³-hybridized carbons (Fsp3) is 0.591. The summed E-state index contributed by atoms with van der Waals surface area (Å²) in [6.45, 7) is 4.94. The van der Waals surface area contributed by atoms with Crippen LogP contribution < -0.4 is 4.74 Å². The molecule has 0 saturated heterocycles. The number of carbonyl (C=O) groups is 3. The van der Waals surface area contributed by atoms with Gasteiger partial charge in [-0.3, -0.25) is 14.4 Å². The van der Waals surface area contributed by atoms with Crippen molar-refractivity contribution < 1.29 is 23.9 Å². The van der Waals surface area contributed by atoms with Gasteiger partial charge in [-0.2, -0.15) is 0 Å². The normalized spacial score (nSPS) is 34.3. The first-order chi connectivity index (χ1) is 12.8. The molecule has 3 aliphatic carbocycles. The van der Waals surface area contributed by atoms with Gasteiger partial charge in [-0.15, -0.1) is 0 Å². The van der Waals surface area contributed by atoms with Gasteiger partial charge in [-0.25, -0.2) is 0 Å². The minimum absolute atomic E-state index is 0.172. The predicted molar refractivity (Wildman–Crippen MR) is 98.3 cm³/mol. The van der Waals surface area contributed by atoms with Crippen LogP contribution in [-0.4, -0.2) is 23.8 Å². The fourth-order valence-electron chi connectivity index (χ4n) is 5.89. The highest BCUT2D eigenvalue weighted by Crippen LogP contribution is 2.60. The molecular weight excluding hydrogens is 344 g/mol. The Morgan fingerprint density at radius 3 is 2.63 bits per heavy atom. The number of rotatable bonds is 2. The van der Waals surface area contributed by atoms with Gasteiger partial charge in [-0.1, -0.05) is 13.0 Å². The van der Waals surface area contributed by atoms with Crippen LogP contribution in [0, 0.1) is 17.3 Å². The average Bonchev–Trinajstić information content (AvgIpc) is 2.88. The maximum absolute atomic E-state index is 12.6. The zero-order valence-electron chi connectivity index (χ0n) is 16.1. The van der Waals surface area contributed by atoms with Gasteiger partial charge in [-0.05, 0) is 54.4 Å². The van der Waals surface area contributed by atoms with Crippen LogP contribution in [0.25, 0.3) is 0 Å². The van der Waals surface area contributed by atoms with E-state index >= 15 is 0 Å². The van der Waals surface area contributed by atoms with E-state index in [4.69, 9.17) is 9.47 Å². The van der Waals surface area contributed by atoms with Crippen LogP contribution in [-0.2, 0) is 25.5 Å². The lowest BCUT2D eigenvalue weighted by Crippen LogP contribution is -2.49. The summed E-state index contributed by atoms with van der Waals surface area (Å²) in [6, 6.07) is 5.79. The maximum Gasteiger partial charge on any atom is 0.308 e. The Morgan fingerprint density at radius 2 is 1.93 bits per heavy atom. The molecule has 5 heteroatoms. The van der Waals surface area contributed by atoms with Crippen molar-refractivity contribution in [2.45, 2.75) is 64.9 Å². The Labute approximate surface area is 159 Å². The molecule has 27 heavy (non-hydrogen) atoms. The predicted octanol–water partition coefficient (Wildman–Crippen LogP) is 3.58. The largest absolute Gasteiger partial charge is 0.462 e. The molecule has 0 aliphatic heterocycles. The van der Waals surface area contributed by atoms with Crippen molar-refractivity contribution in [3.05, 3.63) is 29.3 Å². The molecule has 3 aliphatic rings. The fourth-order valence-corrected chi connectivity index (χ4v) is 5.89. The number of carbonyl (C=O) groups excluding carboxylic acids is 3. The quantitative estimate of drug-likeness (QED) is 0.588. The standard InChI is InChI=1S/C22H26O5/c1-12(23)26-15-4-5-16-14(10-15)11-19(27-13(2)24)21-17(16)8-9-22(3)18(21)6-7-20(22)25/h4-5,10,17-19,21H,6-9,11H2,1-3H3/t17?,18?,19?,21?,22-/m0/s1. The molecule has 5 atom stereocenters. The van der Waals surface area contributed by atoms with Gasteiger partial charge in [0.25, 0.3) is 0 Å². The van der Waals surface area contributed by atoms with Gasteiger partial charge >= 0.3 is 11.9 Å². The topological polar surface area (TPSA) is 69.7 Å². The number of benzene rings is 1. The lowest BCUT2D eigenvalue weighted by molar-refractivity contribution is -0.155. The third-order valence-corrected chi connectivity index (χ3v) is 6.98. The van der Waals surface area contributed by atoms with Crippen molar-refractivity contribution in [3.8, 4) is 5.75 Å². The van der Waals surface area contributed by atoms with E-state index in [1.54, 1.807) is 0 Å². The van der Waals surface area contributed by atoms with Crippen molar-refractivity contribution in [2.75, 3.05) is 0 Å². The summed E-state index contributed by atoms with van der Waals surface area (Å²) in [5, 5.41) is 0. The Kier molecular flexibility index (Phi) is 4.36. The van der Waals surface area contributed by atoms with Gasteiger partial charge in [0.1, 0.15) is 17.6 Å². The zero-order valence-corrected chi connectivity index (χ0v) is 16.1. The number of ether oxygens (including phenoxy) is 2. The van der Waals surface area contributed by atoms with E-state index in [0.717, 1.165) is 24.8 Å². The lowest BCUT2D eigenvalue weighted by Gasteiger charge is -2.50. The summed E-state index contributed by atoms with van der Waals surface area (Å²) in [7, 11) is 0. The van der Waals surface area contributed by atoms with Crippen LogP contribution in [0.1, 0.15) is 63.5 Å². The number of esters is 2. The molecule has 0 N–H and O–H groups in total. The molecule has 0 spiro atoms. The number of Topliss-reactive ketones (excluding diaryl/α,β-unsaturated/α-hetero) is 1. The SMILES string of the molecule is CC(=O)Oc1ccc2c(c1)CC(OC(C)=O)C1C2CC[C@]2(C)C(=O)CCC12. The Bertz CT molecular complexity index is 813. The van der Waals surface area contributed by atoms with E-state index in [9.17, 15) is 14.4 Å². The second-order valence-corrected chi connectivity index (χ2v) is 8.51. The first-order valence-electron chi connectivity index (χ1n) is 9.81. The third kappa shape index (κ3) is 2.97. The van der Waals surface area contributed by atoms with Crippen LogP contribution >= 0.6 is 0 Å². The number of fused-ring (bicyclic) bond motifs is 5. The molecule has 1 aromatic rings. The Morgan fingerprint density at radius 1 is 1.15 bits per heavy atom. The van der Waals surface area contributed by atoms with Crippen LogP contribution in [0.15, 0.2) is 18.2 Å². The molecule has 0 aromatic heterocycles. The summed E-state index contributed by atoms with van der Waals surface area (Å²) in [5.41, 5.74) is 2.05. The number of hydrogen-bond acceptors (Lipinski definition) is 5. The molecule has 2 fully saturated rings. The molecule has 144 valence electrons. The molecule has 0 bridgehead atoms. The van der Waals surface area contributed by atoms with Gasteiger partial charge in [0.2, 0.25) is 0 Å². The summed E-state index contributed by atoms with van der Waals surface area (Å²) < 4.78 is 11.0. The van der Waals surface area contributed by atoms with Crippen molar-refractivity contribution in [1.82, 2.24) is 0 Å². The zero-order chi connectivity index (χ0) is 19.3. The van der Waals surface area contributed by atoms with Gasteiger partial charge in [0.05, 0.1) is 0 Å². The smallest absolute Gasteiger partial charge is 0.308 e. The Balaban J connectivity index is 1.74. The molecule has 0 heterocycles. The van der Waals surface area contributed by atoms with Crippen LogP contribution in [0.3, 0.4) is 0 Å². The third-order valence-electron chi connectivity index (χ3n) is 6.98. The van der Waals surface area contributed by atoms with E-state index < -0.39 is 0 Å². The molecule has 0 radical (unpaired) electrons. The van der Waals surface area contributed by atoms with E-state index in [1.807, 2.05) is 12.1 Å². The monoisotopic (exact) mass is 370 g/mol. The summed E-state index contributed by atoms with van der Waals surface area (Å²) in [6.07, 6.45) is 3.69. The molecule has 4 unspecified atom stereocenters. The first-order valence-corrected chi connectivity index (χ1v) is 9.81. The second-order valence-electron chi connectivity index (χ2n) is 8.51. The van der Waals surface area contributed by atoms with E-state index in [1.165, 1.54) is 19.4 Å². The van der Waals surface area contributed by atoms with Crippen molar-refractivity contribution in [3.63, 3.8) is 0 Å². The highest BCUT2D eigenvalue weighted by Gasteiger charge is 2.57. The van der Waals surface area contributed by atoms with E-state index in [0.29, 0.717) is 24.4 Å². The highest BCUT2D eigenvalue weighted by atomic mass is 16.5. The van der Waals surface area contributed by atoms with Crippen LogP contribution in [0.4, 0.5) is 0 Å². The number of hydrogen-bond donors (Lipinski definition) is 0. The molecule has 1 aromatic carbocycles. The Hall–Kier alpha value is -2.17. The van der Waals surface area contributed by atoms with E-state index in [-0.39, 0.29) is 41.2 Å². The van der Waals surface area contributed by atoms with E-state index in [2.05, 4.69) is 13.0 Å². The van der Waals surface area contributed by atoms with Crippen LogP contribution in [0.2, 0.25) is 0 Å². The van der Waals surface area contributed by atoms with Crippen molar-refractivity contribution in [1.29, 1.82) is 0 Å². The van der Waals surface area contributed by atoms with Gasteiger partial charge < -0.3 is 9.47 Å².